The number of aliphatic carboxylic acids is 1. The Hall–Kier alpha value is -0.460. The fraction of sp³-hybridized carbons (Fsp3) is 0.500. The largest absolute Gasteiger partial charge is 0.481 e. The molecule has 8 heteroatoms. The lowest BCUT2D eigenvalue weighted by Crippen LogP contribution is -1.78. The number of carboxylic acids is 1. The van der Waals surface area contributed by atoms with E-state index >= 15 is 0 Å². The molecule has 0 fully saturated rings. The normalized spacial score (nSPS) is 8.40. The van der Waals surface area contributed by atoms with Crippen molar-refractivity contribution in [1.29, 1.82) is 0 Å². The third-order valence-corrected chi connectivity index (χ3v) is 0. The molecule has 0 saturated heterocycles. The summed E-state index contributed by atoms with van der Waals surface area (Å²) in [6.45, 7) is 1.08. The summed E-state index contributed by atoms with van der Waals surface area (Å²) in [4.78, 5) is 30.6. The van der Waals surface area contributed by atoms with Crippen LogP contribution in [-0.4, -0.2) is 25.8 Å². The van der Waals surface area contributed by atoms with E-state index in [9.17, 15) is 0 Å². The molecule has 0 aromatic heterocycles. The minimum atomic E-state index is -4.64. The van der Waals surface area contributed by atoms with Gasteiger partial charge < -0.3 is 25.9 Å². The molecule has 0 aromatic rings. The van der Waals surface area contributed by atoms with E-state index in [1.807, 2.05) is 0 Å². The van der Waals surface area contributed by atoms with E-state index in [4.69, 9.17) is 29.1 Å². The van der Waals surface area contributed by atoms with Crippen LogP contribution in [0.5, 0.6) is 0 Å². The van der Waals surface area contributed by atoms with Crippen molar-refractivity contribution in [2.75, 3.05) is 0 Å². The Kier molecular flexibility index (Phi) is 10.8. The van der Waals surface area contributed by atoms with E-state index in [2.05, 4.69) is 0 Å². The van der Waals surface area contributed by atoms with Crippen molar-refractivity contribution >= 4 is 13.8 Å². The van der Waals surface area contributed by atoms with Gasteiger partial charge >= 0.3 is 7.82 Å². The first kappa shape index (κ1) is 16.3. The maximum atomic E-state index is 9.00. The molecule has 7 N–H and O–H groups in total. The van der Waals surface area contributed by atoms with Crippen molar-refractivity contribution in [3.8, 4) is 0 Å². The number of carbonyl (C=O) groups is 1. The van der Waals surface area contributed by atoms with Gasteiger partial charge in [0.1, 0.15) is 0 Å². The fourth-order valence-electron chi connectivity index (χ4n) is 0. The van der Waals surface area contributed by atoms with Gasteiger partial charge in [0, 0.05) is 6.92 Å². The van der Waals surface area contributed by atoms with E-state index in [1.165, 1.54) is 0 Å². The summed E-state index contributed by atoms with van der Waals surface area (Å²) in [5.74, 6) is -0.833. The van der Waals surface area contributed by atoms with Crippen molar-refractivity contribution in [2.45, 2.75) is 6.92 Å². The number of hydrogen-bond donors (Lipinski definition) is 5. The van der Waals surface area contributed by atoms with Gasteiger partial charge in [0.15, 0.2) is 0 Å². The highest BCUT2D eigenvalue weighted by Gasteiger charge is 2.00. The summed E-state index contributed by atoms with van der Waals surface area (Å²) in [6.07, 6.45) is 0. The summed E-state index contributed by atoms with van der Waals surface area (Å²) in [7, 11) is -4.64. The van der Waals surface area contributed by atoms with Gasteiger partial charge in [-0.3, -0.25) is 4.79 Å². The van der Waals surface area contributed by atoms with Gasteiger partial charge in [-0.1, -0.05) is 0 Å². The molecule has 0 atom stereocenters. The molecule has 0 heterocycles. The van der Waals surface area contributed by atoms with Gasteiger partial charge in [-0.05, 0) is 0 Å². The summed E-state index contributed by atoms with van der Waals surface area (Å²) < 4.78 is 8.88. The third kappa shape index (κ3) is 1520. The molecule has 0 radical (unpaired) electrons. The molecule has 7 nitrogen and oxygen atoms in total. The van der Waals surface area contributed by atoms with E-state index < -0.39 is 13.8 Å². The number of carboxylic acid groups (broad SMARTS) is 1. The predicted octanol–water partition coefficient (Wildman–Crippen LogP) is -0.676. The molecular weight excluding hydrogens is 165 g/mol. The van der Waals surface area contributed by atoms with E-state index in [0.717, 1.165) is 6.92 Å². The first-order valence-corrected chi connectivity index (χ1v) is 3.28. The van der Waals surface area contributed by atoms with Crippen molar-refractivity contribution in [3.63, 3.8) is 0 Å². The van der Waals surface area contributed by atoms with Gasteiger partial charge in [-0.2, -0.15) is 0 Å². The minimum absolute atomic E-state index is 0. The molecule has 0 aliphatic carbocycles. The Labute approximate surface area is 57.1 Å². The lowest BCUT2D eigenvalue weighted by molar-refractivity contribution is -0.134. The SMILES string of the molecule is CC(=O)O.N.O=P(O)(O)O. The molecule has 0 aliphatic rings. The van der Waals surface area contributed by atoms with Crippen molar-refractivity contribution < 1.29 is 29.1 Å². The zero-order valence-electron chi connectivity index (χ0n) is 5.26. The zero-order chi connectivity index (χ0) is 8.08. The number of rotatable bonds is 0. The van der Waals surface area contributed by atoms with Crippen LogP contribution in [0.3, 0.4) is 0 Å². The van der Waals surface area contributed by atoms with E-state index in [0.29, 0.717) is 0 Å². The molecule has 64 valence electrons. The molecule has 0 rings (SSSR count). The molecule has 0 aromatic carbocycles. The average Bonchev–Trinajstić information content (AvgIpc) is 1.19. The Bertz CT molecular complexity index is 115. The summed E-state index contributed by atoms with van der Waals surface area (Å²) in [6, 6.07) is 0. The third-order valence-electron chi connectivity index (χ3n) is 0. The summed E-state index contributed by atoms with van der Waals surface area (Å²) >= 11 is 0. The lowest BCUT2D eigenvalue weighted by Gasteiger charge is -1.82. The van der Waals surface area contributed by atoms with Crippen LogP contribution in [0.4, 0.5) is 0 Å². The fourth-order valence-corrected chi connectivity index (χ4v) is 0. The maximum absolute atomic E-state index is 9.00. The second-order valence-electron chi connectivity index (χ2n) is 1.03. The van der Waals surface area contributed by atoms with Gasteiger partial charge in [-0.15, -0.1) is 0 Å². The smallest absolute Gasteiger partial charge is 0.466 e. The number of phosphoric acid groups is 1. The first-order chi connectivity index (χ1) is 3.73. The van der Waals surface area contributed by atoms with Crippen LogP contribution >= 0.6 is 7.82 Å². The molecule has 0 saturated carbocycles. The van der Waals surface area contributed by atoms with Crippen molar-refractivity contribution in [2.24, 2.45) is 0 Å². The summed E-state index contributed by atoms with van der Waals surface area (Å²) in [5.41, 5.74) is 0. The first-order valence-electron chi connectivity index (χ1n) is 1.71. The van der Waals surface area contributed by atoms with Crippen LogP contribution in [0, 0.1) is 0 Å². The molecule has 0 aliphatic heterocycles. The van der Waals surface area contributed by atoms with E-state index in [-0.39, 0.29) is 6.15 Å². The van der Waals surface area contributed by atoms with Gasteiger partial charge in [0.2, 0.25) is 0 Å². The zero-order valence-corrected chi connectivity index (χ0v) is 6.15. The average molecular weight is 175 g/mol. The van der Waals surface area contributed by atoms with Crippen molar-refractivity contribution in [1.82, 2.24) is 6.15 Å². The molecule has 0 amide bonds. The van der Waals surface area contributed by atoms with Gasteiger partial charge in [-0.25, -0.2) is 4.57 Å². The molecule has 0 unspecified atom stereocenters. The number of hydrogen-bond acceptors (Lipinski definition) is 3. The van der Waals surface area contributed by atoms with Crippen LogP contribution in [0.15, 0.2) is 0 Å². The maximum Gasteiger partial charge on any atom is 0.466 e. The van der Waals surface area contributed by atoms with Gasteiger partial charge in [0.25, 0.3) is 5.97 Å². The van der Waals surface area contributed by atoms with Crippen molar-refractivity contribution in [3.05, 3.63) is 0 Å². The Morgan fingerprint density at radius 3 is 1.30 bits per heavy atom. The monoisotopic (exact) mass is 175 g/mol. The van der Waals surface area contributed by atoms with E-state index in [1.54, 1.807) is 0 Å². The molecule has 10 heavy (non-hydrogen) atoms. The Balaban J connectivity index is -0.0000000910. The van der Waals surface area contributed by atoms with Crippen LogP contribution in [0.2, 0.25) is 0 Å². The summed E-state index contributed by atoms with van der Waals surface area (Å²) in [5, 5.41) is 7.42. The minimum Gasteiger partial charge on any atom is -0.481 e. The highest BCUT2D eigenvalue weighted by atomic mass is 31.2. The van der Waals surface area contributed by atoms with Crippen LogP contribution in [-0.2, 0) is 9.36 Å². The highest BCUT2D eigenvalue weighted by Crippen LogP contribution is 2.25. The lowest BCUT2D eigenvalue weighted by atomic mass is 10.9. The molecule has 0 spiro atoms. The second kappa shape index (κ2) is 6.66. The van der Waals surface area contributed by atoms with Crippen LogP contribution < -0.4 is 6.15 Å². The molecule has 0 bridgehead atoms. The van der Waals surface area contributed by atoms with Gasteiger partial charge in [0.05, 0.1) is 0 Å². The predicted molar refractivity (Wildman–Crippen MR) is 32.6 cm³/mol. The Morgan fingerprint density at radius 1 is 1.30 bits per heavy atom. The topological polar surface area (TPSA) is 150 Å². The second-order valence-corrected chi connectivity index (χ2v) is 2.06. The highest BCUT2D eigenvalue weighted by molar-refractivity contribution is 7.45. The van der Waals surface area contributed by atoms with Crippen LogP contribution in [0.1, 0.15) is 6.92 Å². The molecular formula is C2H10NO6P. The van der Waals surface area contributed by atoms with Crippen LogP contribution in [0.25, 0.3) is 0 Å². The standard InChI is InChI=1S/C2H4O2.H3N.H3O4P/c1-2(3)4;;1-5(2,3)4/h1H3,(H,3,4);1H3;(H3,1,2,3,4). The Morgan fingerprint density at radius 2 is 1.30 bits per heavy atom. The quantitative estimate of drug-likeness (QED) is 0.306.